The molecule has 0 aromatic carbocycles. The van der Waals surface area contributed by atoms with Gasteiger partial charge >= 0.3 is 7.82 Å². The maximum absolute atomic E-state index is 12.1. The third kappa shape index (κ3) is 27.4. The number of quaternary nitrogens is 1. The molecule has 6 nitrogen and oxygen atoms in total. The van der Waals surface area contributed by atoms with Gasteiger partial charge in [0.1, 0.15) is 13.2 Å². The Balaban J connectivity index is 3.59. The SMILES string of the molecule is CCCCCCCCCCCCCCCCCCSCC(COC)COP(=O)(O)OCC[N+](C)(C)C. The minimum atomic E-state index is -4.01. The number of hydrogen-bond acceptors (Lipinski definition) is 5. The Labute approximate surface area is 228 Å². The van der Waals surface area contributed by atoms with Gasteiger partial charge in [0.2, 0.25) is 0 Å². The van der Waals surface area contributed by atoms with Crippen LogP contribution in [0.2, 0.25) is 0 Å². The van der Waals surface area contributed by atoms with Crippen LogP contribution in [0, 0.1) is 5.92 Å². The molecule has 0 aliphatic carbocycles. The summed E-state index contributed by atoms with van der Waals surface area (Å²) in [5, 5.41) is 0. The van der Waals surface area contributed by atoms with E-state index in [1.807, 2.05) is 32.9 Å². The van der Waals surface area contributed by atoms with Crippen LogP contribution in [-0.2, 0) is 18.3 Å². The minimum Gasteiger partial charge on any atom is -0.384 e. The molecule has 218 valence electrons. The van der Waals surface area contributed by atoms with E-state index in [4.69, 9.17) is 13.8 Å². The summed E-state index contributed by atoms with van der Waals surface area (Å²) in [5.41, 5.74) is 0. The van der Waals surface area contributed by atoms with Gasteiger partial charge in [-0.2, -0.15) is 11.8 Å². The molecule has 0 rings (SSSR count). The van der Waals surface area contributed by atoms with Crippen molar-refractivity contribution in [3.05, 3.63) is 0 Å². The first-order chi connectivity index (χ1) is 17.2. The lowest BCUT2D eigenvalue weighted by Crippen LogP contribution is -2.37. The number of nitrogens with zero attached hydrogens (tertiary/aromatic N) is 1. The molecule has 0 spiro atoms. The first kappa shape index (κ1) is 36.4. The highest BCUT2D eigenvalue weighted by molar-refractivity contribution is 7.99. The normalized spacial score (nSPS) is 14.7. The van der Waals surface area contributed by atoms with E-state index in [-0.39, 0.29) is 19.1 Å². The van der Waals surface area contributed by atoms with Crippen molar-refractivity contribution in [3.8, 4) is 0 Å². The number of unbranched alkanes of at least 4 members (excludes halogenated alkanes) is 15. The van der Waals surface area contributed by atoms with Gasteiger partial charge in [0, 0.05) is 18.8 Å². The summed E-state index contributed by atoms with van der Waals surface area (Å²) in [6.45, 7) is 3.82. The van der Waals surface area contributed by atoms with E-state index in [0.717, 1.165) is 11.5 Å². The summed E-state index contributed by atoms with van der Waals surface area (Å²) in [6.07, 6.45) is 22.2. The van der Waals surface area contributed by atoms with Gasteiger partial charge in [0.15, 0.2) is 0 Å². The molecule has 2 unspecified atom stereocenters. The molecule has 0 radical (unpaired) electrons. The first-order valence-electron chi connectivity index (χ1n) is 14.7. The lowest BCUT2D eigenvalue weighted by molar-refractivity contribution is -0.870. The summed E-state index contributed by atoms with van der Waals surface area (Å²) in [5.74, 6) is 2.07. The predicted molar refractivity (Wildman–Crippen MR) is 157 cm³/mol. The molecule has 0 bridgehead atoms. The van der Waals surface area contributed by atoms with Gasteiger partial charge in [-0.15, -0.1) is 0 Å². The van der Waals surface area contributed by atoms with Crippen molar-refractivity contribution in [2.45, 2.75) is 110 Å². The van der Waals surface area contributed by atoms with Crippen molar-refractivity contribution in [2.75, 3.05) is 66.1 Å². The van der Waals surface area contributed by atoms with E-state index in [2.05, 4.69) is 6.92 Å². The topological polar surface area (TPSA) is 65.0 Å². The number of likely N-dealkylation sites (N-methyl/N-ethyl adjacent to an activating group) is 1. The van der Waals surface area contributed by atoms with Crippen molar-refractivity contribution in [1.82, 2.24) is 0 Å². The van der Waals surface area contributed by atoms with Gasteiger partial charge < -0.3 is 14.1 Å². The van der Waals surface area contributed by atoms with Gasteiger partial charge in [-0.3, -0.25) is 9.05 Å². The zero-order valence-corrected chi connectivity index (χ0v) is 26.2. The minimum absolute atomic E-state index is 0.0866. The van der Waals surface area contributed by atoms with E-state index >= 15 is 0 Å². The maximum atomic E-state index is 12.1. The molecular formula is C28H61NO5PS+. The van der Waals surface area contributed by atoms with Crippen molar-refractivity contribution in [3.63, 3.8) is 0 Å². The third-order valence-electron chi connectivity index (χ3n) is 6.39. The zero-order chi connectivity index (χ0) is 27.0. The van der Waals surface area contributed by atoms with Crippen molar-refractivity contribution >= 4 is 19.6 Å². The highest BCUT2D eigenvalue weighted by atomic mass is 32.2. The summed E-state index contributed by atoms with van der Waals surface area (Å²) in [4.78, 5) is 9.91. The molecule has 0 saturated heterocycles. The monoisotopic (exact) mass is 554 g/mol. The Morgan fingerprint density at radius 1 is 0.750 bits per heavy atom. The van der Waals surface area contributed by atoms with Crippen LogP contribution in [0.1, 0.15) is 110 Å². The van der Waals surface area contributed by atoms with Gasteiger partial charge in [0.25, 0.3) is 0 Å². The van der Waals surface area contributed by atoms with Crippen molar-refractivity contribution in [2.24, 2.45) is 5.92 Å². The van der Waals surface area contributed by atoms with E-state index in [1.165, 1.54) is 103 Å². The van der Waals surface area contributed by atoms with E-state index in [9.17, 15) is 9.46 Å². The van der Waals surface area contributed by atoms with Crippen molar-refractivity contribution < 1.29 is 27.7 Å². The standard InChI is InChI=1S/C28H60NO5PS/c1-6-7-8-9-10-11-12-13-14-15-16-17-18-19-20-21-24-36-27-28(25-32-5)26-34-35(30,31)33-23-22-29(2,3)4/h28H,6-27H2,1-5H3/p+1. The molecule has 0 amide bonds. The van der Waals surface area contributed by atoms with Crippen LogP contribution < -0.4 is 0 Å². The Hall–Kier alpha value is 0.380. The van der Waals surface area contributed by atoms with E-state index in [1.54, 1.807) is 7.11 Å². The Bertz CT molecular complexity index is 519. The third-order valence-corrected chi connectivity index (χ3v) is 8.66. The number of phosphoric acid groups is 1. The second-order valence-electron chi connectivity index (χ2n) is 11.3. The summed E-state index contributed by atoms with van der Waals surface area (Å²) >= 11 is 1.89. The molecule has 0 fully saturated rings. The van der Waals surface area contributed by atoms with E-state index < -0.39 is 7.82 Å². The average Bonchev–Trinajstić information content (AvgIpc) is 2.80. The summed E-state index contributed by atoms with van der Waals surface area (Å²) in [6, 6.07) is 0. The number of methoxy groups -OCH3 is 1. The summed E-state index contributed by atoms with van der Waals surface area (Å²) < 4.78 is 28.4. The van der Waals surface area contributed by atoms with E-state index in [0.29, 0.717) is 17.6 Å². The van der Waals surface area contributed by atoms with Gasteiger partial charge in [-0.05, 0) is 12.2 Å². The molecule has 0 heterocycles. The van der Waals surface area contributed by atoms with Gasteiger partial charge in [-0.25, -0.2) is 4.57 Å². The fraction of sp³-hybridized carbons (Fsp3) is 1.00. The maximum Gasteiger partial charge on any atom is 0.472 e. The Kier molecular flexibility index (Phi) is 24.7. The molecule has 0 saturated carbocycles. The highest BCUT2D eigenvalue weighted by Gasteiger charge is 2.24. The fourth-order valence-electron chi connectivity index (χ4n) is 4.05. The molecule has 36 heavy (non-hydrogen) atoms. The first-order valence-corrected chi connectivity index (χ1v) is 17.3. The number of thioether (sulfide) groups is 1. The van der Waals surface area contributed by atoms with Crippen molar-refractivity contribution in [1.29, 1.82) is 0 Å². The van der Waals surface area contributed by atoms with Crippen LogP contribution in [0.15, 0.2) is 0 Å². The van der Waals surface area contributed by atoms with Crippen LogP contribution in [0.25, 0.3) is 0 Å². The predicted octanol–water partition coefficient (Wildman–Crippen LogP) is 8.08. The van der Waals surface area contributed by atoms with Crippen LogP contribution in [0.4, 0.5) is 0 Å². The molecule has 0 aromatic heterocycles. The second-order valence-corrected chi connectivity index (χ2v) is 13.9. The molecule has 1 N–H and O–H groups in total. The lowest BCUT2D eigenvalue weighted by atomic mass is 10.0. The Morgan fingerprint density at radius 3 is 1.67 bits per heavy atom. The largest absolute Gasteiger partial charge is 0.472 e. The van der Waals surface area contributed by atoms with Crippen LogP contribution in [0.5, 0.6) is 0 Å². The lowest BCUT2D eigenvalue weighted by Gasteiger charge is -2.24. The molecule has 8 heteroatoms. The highest BCUT2D eigenvalue weighted by Crippen LogP contribution is 2.43. The van der Waals surface area contributed by atoms with Gasteiger partial charge in [-0.1, -0.05) is 103 Å². The van der Waals surface area contributed by atoms with Crippen LogP contribution >= 0.6 is 19.6 Å². The smallest absolute Gasteiger partial charge is 0.384 e. The molecule has 0 aliphatic rings. The Morgan fingerprint density at radius 2 is 1.22 bits per heavy atom. The van der Waals surface area contributed by atoms with Crippen LogP contribution in [-0.4, -0.2) is 75.5 Å². The number of hydrogen-bond donors (Lipinski definition) is 1. The zero-order valence-electron chi connectivity index (χ0n) is 24.5. The molecule has 2 atom stereocenters. The molecular weight excluding hydrogens is 493 g/mol. The average molecular weight is 555 g/mol. The number of rotatable bonds is 28. The fourth-order valence-corrected chi connectivity index (χ4v) is 5.94. The molecule has 0 aromatic rings. The summed E-state index contributed by atoms with van der Waals surface area (Å²) in [7, 11) is 3.68. The number of ether oxygens (including phenoxy) is 1. The van der Waals surface area contributed by atoms with Crippen LogP contribution in [0.3, 0.4) is 0 Å². The quantitative estimate of drug-likeness (QED) is 0.0599. The number of phosphoric ester groups is 1. The second kappa shape index (κ2) is 24.4. The van der Waals surface area contributed by atoms with Gasteiger partial charge in [0.05, 0.1) is 34.4 Å². The molecule has 0 aliphatic heterocycles.